The van der Waals surface area contributed by atoms with Gasteiger partial charge in [0.1, 0.15) is 11.6 Å². The number of nitrogens with zero attached hydrogens (tertiary/aromatic N) is 5. The minimum atomic E-state index is -1.29. The van der Waals surface area contributed by atoms with Crippen LogP contribution in [0.1, 0.15) is 60.9 Å². The Hall–Kier alpha value is -4.15. The quantitative estimate of drug-likeness (QED) is 0.232. The second-order valence-corrected chi connectivity index (χ2v) is 11.5. The van der Waals surface area contributed by atoms with Crippen molar-refractivity contribution in [1.82, 2.24) is 24.0 Å². The molecule has 2 aliphatic heterocycles. The Morgan fingerprint density at radius 1 is 1.19 bits per heavy atom. The Labute approximate surface area is 254 Å². The first-order chi connectivity index (χ1) is 20.7. The van der Waals surface area contributed by atoms with Crippen LogP contribution in [0.2, 0.25) is 5.02 Å². The standard InChI is InChI=1S/C32H33ClFN5O4/c1-3-38-20-35-16-24(38)18-39-23(8-10-30(40)41)17-36-29(39)19-37-13-11-21(12-14-37)25-5-4-6-28-31(25)43-32(2,42-28)26-9-7-22(33)15-27(26)34/h4-10,15-17,20-21H,3,11-14,18-19H2,1-2H3,(H,40,41). The van der Waals surface area contributed by atoms with Crippen LogP contribution in [-0.4, -0.2) is 48.2 Å². The van der Waals surface area contributed by atoms with Crippen LogP contribution in [0.15, 0.2) is 61.2 Å². The maximum absolute atomic E-state index is 14.8. The molecule has 0 radical (unpaired) electrons. The van der Waals surface area contributed by atoms with Crippen LogP contribution in [0.4, 0.5) is 4.39 Å². The van der Waals surface area contributed by atoms with Crippen LogP contribution in [-0.2, 0) is 30.2 Å². The van der Waals surface area contributed by atoms with Gasteiger partial charge in [-0.2, -0.15) is 0 Å². The van der Waals surface area contributed by atoms with Crippen LogP contribution in [0.25, 0.3) is 6.08 Å². The molecule has 0 spiro atoms. The van der Waals surface area contributed by atoms with Gasteiger partial charge in [0.25, 0.3) is 5.79 Å². The molecule has 43 heavy (non-hydrogen) atoms. The molecule has 6 rings (SSSR count). The Morgan fingerprint density at radius 3 is 2.74 bits per heavy atom. The van der Waals surface area contributed by atoms with E-state index in [0.29, 0.717) is 35.2 Å². The smallest absolute Gasteiger partial charge is 0.328 e. The number of piperidine rings is 1. The summed E-state index contributed by atoms with van der Waals surface area (Å²) >= 11 is 5.97. The number of aliphatic carboxylic acids is 1. The number of carboxylic acid groups (broad SMARTS) is 1. The van der Waals surface area contributed by atoms with E-state index in [4.69, 9.17) is 21.1 Å². The Morgan fingerprint density at radius 2 is 2.00 bits per heavy atom. The normalized spacial score (nSPS) is 19.0. The first-order valence-electron chi connectivity index (χ1n) is 14.4. The van der Waals surface area contributed by atoms with Crippen LogP contribution in [0.3, 0.4) is 0 Å². The number of aryl methyl sites for hydroxylation is 1. The average Bonchev–Trinajstić information content (AvgIpc) is 3.69. The summed E-state index contributed by atoms with van der Waals surface area (Å²) in [6.07, 6.45) is 9.88. The molecule has 11 heteroatoms. The molecular weight excluding hydrogens is 573 g/mol. The van der Waals surface area contributed by atoms with E-state index in [1.165, 1.54) is 6.07 Å². The SMILES string of the molecule is CCn1cncc1Cn1c(C=CC(=O)O)cnc1CN1CCC(c2cccc3c2OC(C)(c2ccc(Cl)cc2F)O3)CC1. The molecule has 9 nitrogen and oxygen atoms in total. The molecule has 1 saturated heterocycles. The lowest BCUT2D eigenvalue weighted by molar-refractivity contribution is -0.131. The van der Waals surface area contributed by atoms with Crippen LogP contribution in [0, 0.1) is 5.82 Å². The van der Waals surface area contributed by atoms with E-state index in [1.807, 2.05) is 18.3 Å². The van der Waals surface area contributed by atoms with Crippen molar-refractivity contribution in [2.24, 2.45) is 0 Å². The summed E-state index contributed by atoms with van der Waals surface area (Å²) in [5, 5.41) is 9.50. The van der Waals surface area contributed by atoms with Crippen molar-refractivity contribution in [3.05, 3.63) is 100 Å². The van der Waals surface area contributed by atoms with E-state index in [2.05, 4.69) is 37.0 Å². The topological polar surface area (TPSA) is 94.6 Å². The predicted molar refractivity (Wildman–Crippen MR) is 160 cm³/mol. The highest BCUT2D eigenvalue weighted by Gasteiger charge is 2.43. The van der Waals surface area contributed by atoms with E-state index in [-0.39, 0.29) is 5.92 Å². The summed E-state index contributed by atoms with van der Waals surface area (Å²) < 4.78 is 31.4. The molecule has 0 saturated carbocycles. The van der Waals surface area contributed by atoms with Crippen molar-refractivity contribution in [2.75, 3.05) is 13.1 Å². The fraction of sp³-hybridized carbons (Fsp3) is 0.344. The number of halogens is 2. The van der Waals surface area contributed by atoms with Crippen LogP contribution >= 0.6 is 11.6 Å². The minimum Gasteiger partial charge on any atom is -0.478 e. The molecule has 1 fully saturated rings. The number of carboxylic acids is 1. The number of fused-ring (bicyclic) bond motifs is 1. The third-order valence-electron chi connectivity index (χ3n) is 8.25. The van der Waals surface area contributed by atoms with Crippen molar-refractivity contribution >= 4 is 23.6 Å². The monoisotopic (exact) mass is 605 g/mol. The molecule has 0 bridgehead atoms. The van der Waals surface area contributed by atoms with Gasteiger partial charge in [0.05, 0.1) is 42.6 Å². The van der Waals surface area contributed by atoms with Gasteiger partial charge in [0.2, 0.25) is 0 Å². The molecular formula is C32H33ClFN5O4. The molecule has 224 valence electrons. The number of likely N-dealkylation sites (tertiary alicyclic amines) is 1. The first-order valence-corrected chi connectivity index (χ1v) is 14.7. The van der Waals surface area contributed by atoms with Gasteiger partial charge in [-0.25, -0.2) is 19.2 Å². The number of aromatic nitrogens is 4. The van der Waals surface area contributed by atoms with Gasteiger partial charge in [0.15, 0.2) is 11.5 Å². The summed E-state index contributed by atoms with van der Waals surface area (Å²) in [5.41, 5.74) is 3.11. The largest absolute Gasteiger partial charge is 0.478 e. The second-order valence-electron chi connectivity index (χ2n) is 11.0. The van der Waals surface area contributed by atoms with Gasteiger partial charge in [-0.15, -0.1) is 0 Å². The molecule has 1 atom stereocenters. The summed E-state index contributed by atoms with van der Waals surface area (Å²) in [6, 6.07) is 10.4. The number of para-hydroxylation sites is 1. The molecule has 1 unspecified atom stereocenters. The van der Waals surface area contributed by atoms with Crippen LogP contribution < -0.4 is 9.47 Å². The lowest BCUT2D eigenvalue weighted by atomic mass is 9.88. The third-order valence-corrected chi connectivity index (χ3v) is 8.48. The van der Waals surface area contributed by atoms with Gasteiger partial charge < -0.3 is 23.7 Å². The van der Waals surface area contributed by atoms with Crippen molar-refractivity contribution in [3.8, 4) is 11.5 Å². The van der Waals surface area contributed by atoms with Crippen molar-refractivity contribution < 1.29 is 23.8 Å². The molecule has 0 aliphatic carbocycles. The number of hydrogen-bond acceptors (Lipinski definition) is 6. The highest BCUT2D eigenvalue weighted by Crippen LogP contribution is 2.49. The number of carbonyl (C=O) groups is 1. The van der Waals surface area contributed by atoms with Crippen molar-refractivity contribution in [3.63, 3.8) is 0 Å². The first kappa shape index (κ1) is 28.9. The van der Waals surface area contributed by atoms with E-state index < -0.39 is 17.6 Å². The number of ether oxygens (including phenoxy) is 2. The van der Waals surface area contributed by atoms with Crippen molar-refractivity contribution in [2.45, 2.75) is 58.0 Å². The predicted octanol–water partition coefficient (Wildman–Crippen LogP) is 6.06. The van der Waals surface area contributed by atoms with Gasteiger partial charge in [0, 0.05) is 36.3 Å². The summed E-state index contributed by atoms with van der Waals surface area (Å²) in [7, 11) is 0. The van der Waals surface area contributed by atoms with Gasteiger partial charge in [-0.3, -0.25) is 4.90 Å². The molecule has 2 aliphatic rings. The van der Waals surface area contributed by atoms with Gasteiger partial charge >= 0.3 is 5.97 Å². The molecule has 0 amide bonds. The summed E-state index contributed by atoms with van der Waals surface area (Å²) in [5.74, 6) is -0.384. The molecule has 4 aromatic rings. The molecule has 4 heterocycles. The minimum absolute atomic E-state index is 0.250. The van der Waals surface area contributed by atoms with Crippen molar-refractivity contribution in [1.29, 1.82) is 0 Å². The fourth-order valence-corrected chi connectivity index (χ4v) is 6.15. The van der Waals surface area contributed by atoms with E-state index >= 15 is 0 Å². The highest BCUT2D eigenvalue weighted by molar-refractivity contribution is 6.30. The lowest BCUT2D eigenvalue weighted by Gasteiger charge is -2.32. The summed E-state index contributed by atoms with van der Waals surface area (Å²) in [4.78, 5) is 22.5. The number of benzene rings is 2. The average molecular weight is 606 g/mol. The van der Waals surface area contributed by atoms with Gasteiger partial charge in [-0.1, -0.05) is 23.7 Å². The zero-order valence-electron chi connectivity index (χ0n) is 24.0. The maximum Gasteiger partial charge on any atom is 0.328 e. The molecule has 2 aromatic heterocycles. The highest BCUT2D eigenvalue weighted by atomic mass is 35.5. The Kier molecular flexibility index (Phi) is 7.98. The number of imidazole rings is 2. The Bertz CT molecular complexity index is 1680. The zero-order chi connectivity index (χ0) is 30.1. The molecule has 2 aromatic carbocycles. The third kappa shape index (κ3) is 5.89. The van der Waals surface area contributed by atoms with Crippen LogP contribution in [0.5, 0.6) is 11.5 Å². The Balaban J connectivity index is 1.17. The zero-order valence-corrected chi connectivity index (χ0v) is 24.8. The van der Waals surface area contributed by atoms with Gasteiger partial charge in [-0.05, 0) is 69.1 Å². The van der Waals surface area contributed by atoms with E-state index in [9.17, 15) is 14.3 Å². The maximum atomic E-state index is 14.8. The van der Waals surface area contributed by atoms with E-state index in [0.717, 1.165) is 61.3 Å². The number of rotatable bonds is 9. The fourth-order valence-electron chi connectivity index (χ4n) is 5.99. The lowest BCUT2D eigenvalue weighted by Crippen LogP contribution is -2.34. The number of hydrogen-bond donors (Lipinski definition) is 1. The second kappa shape index (κ2) is 11.9. The van der Waals surface area contributed by atoms with E-state index in [1.54, 1.807) is 37.7 Å². The molecule has 1 N–H and O–H groups in total. The summed E-state index contributed by atoms with van der Waals surface area (Å²) in [6.45, 7) is 7.44.